The van der Waals surface area contributed by atoms with E-state index in [0.29, 0.717) is 0 Å². The number of ether oxygens (including phenoxy) is 1. The Morgan fingerprint density at radius 3 is 2.68 bits per heavy atom. The second-order valence-electron chi connectivity index (χ2n) is 6.57. The lowest BCUT2D eigenvalue weighted by atomic mass is 10.0. The number of furan rings is 1. The number of rotatable bonds is 5. The highest BCUT2D eigenvalue weighted by Gasteiger charge is 2.26. The third kappa shape index (κ3) is 3.63. The minimum Gasteiger partial charge on any atom is -0.544 e. The maximum Gasteiger partial charge on any atom is 0.242 e. The second-order valence-corrected chi connectivity index (χ2v) is 11.0. The molecule has 0 saturated heterocycles. The summed E-state index contributed by atoms with van der Waals surface area (Å²) in [5, 5.41) is 0. The molecule has 3 nitrogen and oxygen atoms in total. The van der Waals surface area contributed by atoms with E-state index in [0.717, 1.165) is 29.9 Å². The summed E-state index contributed by atoms with van der Waals surface area (Å²) in [4.78, 5) is 0. The van der Waals surface area contributed by atoms with Crippen LogP contribution in [0.3, 0.4) is 0 Å². The van der Waals surface area contributed by atoms with Crippen molar-refractivity contribution in [3.63, 3.8) is 0 Å². The van der Waals surface area contributed by atoms with Crippen molar-refractivity contribution in [3.05, 3.63) is 60.1 Å². The van der Waals surface area contributed by atoms with Crippen LogP contribution in [0.25, 0.3) is 5.76 Å². The lowest BCUT2D eigenvalue weighted by Crippen LogP contribution is -2.27. The van der Waals surface area contributed by atoms with Crippen LogP contribution >= 0.6 is 0 Å². The molecule has 1 aromatic carbocycles. The summed E-state index contributed by atoms with van der Waals surface area (Å²) in [5.41, 5.74) is 2.26. The Labute approximate surface area is 132 Å². The number of benzene rings is 1. The van der Waals surface area contributed by atoms with Crippen molar-refractivity contribution in [3.8, 4) is 5.75 Å². The van der Waals surface area contributed by atoms with E-state index in [1.54, 1.807) is 12.5 Å². The lowest BCUT2D eigenvalue weighted by molar-refractivity contribution is 0.229. The molecular weight excluding hydrogens is 292 g/mol. The van der Waals surface area contributed by atoms with Crippen molar-refractivity contribution in [1.82, 2.24) is 0 Å². The third-order valence-electron chi connectivity index (χ3n) is 3.48. The van der Waals surface area contributed by atoms with Crippen LogP contribution in [0.15, 0.2) is 53.4 Å². The van der Waals surface area contributed by atoms with Crippen LogP contribution in [0.5, 0.6) is 5.75 Å². The van der Waals surface area contributed by atoms with Gasteiger partial charge < -0.3 is 13.6 Å². The standard InChI is InChI=1S/C18H22O3Si/c1-22(2,3)21-18-12-15(9-8-14-10-11-19-13-14)20-17-7-5-4-6-16(17)18/h4-7,10-13,15H,8-9H2,1-3H3/t15-/m0/s1. The summed E-state index contributed by atoms with van der Waals surface area (Å²) in [6, 6.07) is 10.1. The van der Waals surface area contributed by atoms with Crippen LogP contribution in [-0.2, 0) is 10.8 Å². The van der Waals surface area contributed by atoms with Crippen LogP contribution in [0.2, 0.25) is 19.6 Å². The third-order valence-corrected chi connectivity index (χ3v) is 4.31. The fourth-order valence-electron chi connectivity index (χ4n) is 2.53. The highest BCUT2D eigenvalue weighted by atomic mass is 28.4. The molecule has 22 heavy (non-hydrogen) atoms. The average molecular weight is 314 g/mol. The molecule has 4 heteroatoms. The molecule has 2 heterocycles. The van der Waals surface area contributed by atoms with Crippen molar-refractivity contribution in [2.24, 2.45) is 0 Å². The van der Waals surface area contributed by atoms with E-state index in [-0.39, 0.29) is 6.10 Å². The van der Waals surface area contributed by atoms with Crippen LogP contribution in [-0.4, -0.2) is 14.4 Å². The molecule has 1 aromatic heterocycles. The monoisotopic (exact) mass is 314 g/mol. The van der Waals surface area contributed by atoms with Gasteiger partial charge in [-0.2, -0.15) is 0 Å². The van der Waals surface area contributed by atoms with Gasteiger partial charge in [-0.15, -0.1) is 0 Å². The molecule has 2 aromatic rings. The van der Waals surface area contributed by atoms with Crippen LogP contribution in [0.4, 0.5) is 0 Å². The Hall–Kier alpha value is -1.94. The van der Waals surface area contributed by atoms with Crippen LogP contribution < -0.4 is 4.74 Å². The first kappa shape index (κ1) is 15.0. The minimum absolute atomic E-state index is 0.0381. The van der Waals surface area contributed by atoms with Crippen molar-refractivity contribution in [1.29, 1.82) is 0 Å². The molecule has 116 valence electrons. The molecule has 0 fully saturated rings. The van der Waals surface area contributed by atoms with E-state index in [1.807, 2.05) is 24.3 Å². The largest absolute Gasteiger partial charge is 0.544 e. The Bertz CT molecular complexity index is 653. The molecular formula is C18H22O3Si. The molecule has 0 unspecified atom stereocenters. The van der Waals surface area contributed by atoms with E-state index in [2.05, 4.69) is 31.8 Å². The van der Waals surface area contributed by atoms with E-state index >= 15 is 0 Å². The molecule has 1 aliphatic heterocycles. The zero-order valence-corrected chi connectivity index (χ0v) is 14.3. The van der Waals surface area contributed by atoms with Gasteiger partial charge in [0.1, 0.15) is 17.6 Å². The Morgan fingerprint density at radius 1 is 1.14 bits per heavy atom. The highest BCUT2D eigenvalue weighted by Crippen LogP contribution is 2.35. The summed E-state index contributed by atoms with van der Waals surface area (Å²) >= 11 is 0. The smallest absolute Gasteiger partial charge is 0.242 e. The number of fused-ring (bicyclic) bond motifs is 1. The van der Waals surface area contributed by atoms with Gasteiger partial charge in [0.25, 0.3) is 0 Å². The van der Waals surface area contributed by atoms with Gasteiger partial charge in [-0.25, -0.2) is 0 Å². The van der Waals surface area contributed by atoms with Crippen LogP contribution in [0.1, 0.15) is 17.5 Å². The molecule has 0 bridgehead atoms. The van der Waals surface area contributed by atoms with E-state index in [1.165, 1.54) is 5.56 Å². The summed E-state index contributed by atoms with van der Waals surface area (Å²) in [5.74, 6) is 1.88. The summed E-state index contributed by atoms with van der Waals surface area (Å²) in [6.07, 6.45) is 7.51. The van der Waals surface area contributed by atoms with Crippen molar-refractivity contribution in [2.45, 2.75) is 38.6 Å². The molecule has 0 aliphatic carbocycles. The molecule has 0 saturated carbocycles. The number of aryl methyl sites for hydroxylation is 1. The Kier molecular flexibility index (Phi) is 4.11. The fraction of sp³-hybridized carbons (Fsp3) is 0.333. The normalized spacial score (nSPS) is 17.4. The molecule has 1 atom stereocenters. The first-order valence-electron chi connectivity index (χ1n) is 7.69. The molecule has 0 spiro atoms. The van der Waals surface area contributed by atoms with E-state index in [9.17, 15) is 0 Å². The van der Waals surface area contributed by atoms with Crippen molar-refractivity contribution < 1.29 is 13.6 Å². The van der Waals surface area contributed by atoms with Gasteiger partial charge in [0.05, 0.1) is 18.1 Å². The molecule has 0 N–H and O–H groups in total. The van der Waals surface area contributed by atoms with Gasteiger partial charge in [-0.05, 0) is 62.3 Å². The van der Waals surface area contributed by atoms with Gasteiger partial charge in [-0.3, -0.25) is 0 Å². The molecule has 3 rings (SSSR count). The van der Waals surface area contributed by atoms with Gasteiger partial charge in [-0.1, -0.05) is 12.1 Å². The quantitative estimate of drug-likeness (QED) is 0.738. The zero-order chi connectivity index (χ0) is 15.6. The van der Waals surface area contributed by atoms with Crippen molar-refractivity contribution in [2.75, 3.05) is 0 Å². The van der Waals surface area contributed by atoms with Gasteiger partial charge in [0, 0.05) is 0 Å². The van der Waals surface area contributed by atoms with Crippen LogP contribution in [0, 0.1) is 0 Å². The van der Waals surface area contributed by atoms with Gasteiger partial charge in [0.2, 0.25) is 8.32 Å². The summed E-state index contributed by atoms with van der Waals surface area (Å²) < 4.78 is 17.5. The predicted molar refractivity (Wildman–Crippen MR) is 90.3 cm³/mol. The van der Waals surface area contributed by atoms with E-state index in [4.69, 9.17) is 13.6 Å². The second kappa shape index (κ2) is 6.05. The SMILES string of the molecule is C[Si](C)(C)OC1=C[C@H](CCc2ccoc2)Oc2ccccc21. The first-order valence-corrected chi connectivity index (χ1v) is 11.1. The minimum atomic E-state index is -1.66. The van der Waals surface area contributed by atoms with Crippen molar-refractivity contribution >= 4 is 14.1 Å². The van der Waals surface area contributed by atoms with Gasteiger partial charge >= 0.3 is 0 Å². The number of hydrogen-bond donors (Lipinski definition) is 0. The fourth-order valence-corrected chi connectivity index (χ4v) is 3.37. The first-order chi connectivity index (χ1) is 10.5. The highest BCUT2D eigenvalue weighted by molar-refractivity contribution is 6.70. The maximum atomic E-state index is 6.27. The van der Waals surface area contributed by atoms with E-state index < -0.39 is 8.32 Å². The topological polar surface area (TPSA) is 31.6 Å². The number of para-hydroxylation sites is 1. The number of hydrogen-bond acceptors (Lipinski definition) is 3. The molecule has 1 aliphatic rings. The van der Waals surface area contributed by atoms with Gasteiger partial charge in [0.15, 0.2) is 0 Å². The maximum absolute atomic E-state index is 6.27. The Morgan fingerprint density at radius 2 is 1.95 bits per heavy atom. The molecule has 0 amide bonds. The summed E-state index contributed by atoms with van der Waals surface area (Å²) in [7, 11) is -1.66. The lowest BCUT2D eigenvalue weighted by Gasteiger charge is -2.29. The molecule has 0 radical (unpaired) electrons. The Balaban J connectivity index is 1.79. The zero-order valence-electron chi connectivity index (χ0n) is 13.3. The predicted octanol–water partition coefficient (Wildman–Crippen LogP) is 4.87. The average Bonchev–Trinajstić information content (AvgIpc) is 2.97. The summed E-state index contributed by atoms with van der Waals surface area (Å²) in [6.45, 7) is 6.60.